The van der Waals surface area contributed by atoms with E-state index in [2.05, 4.69) is 42.7 Å². The summed E-state index contributed by atoms with van der Waals surface area (Å²) in [6.07, 6.45) is 4.97. The minimum absolute atomic E-state index is 0.185. The third-order valence-electron chi connectivity index (χ3n) is 6.00. The molecule has 0 radical (unpaired) electrons. The predicted molar refractivity (Wildman–Crippen MR) is 143 cm³/mol. The van der Waals surface area contributed by atoms with Crippen molar-refractivity contribution in [3.8, 4) is 5.69 Å². The number of thiocarbonyl (C=S) groups is 1. The predicted octanol–water partition coefficient (Wildman–Crippen LogP) is 4.73. The van der Waals surface area contributed by atoms with Crippen molar-refractivity contribution in [1.82, 2.24) is 14.9 Å². The molecule has 2 atom stereocenters. The molecule has 4 aromatic rings. The Morgan fingerprint density at radius 2 is 1.74 bits per heavy atom. The molecule has 0 amide bonds. The summed E-state index contributed by atoms with van der Waals surface area (Å²) >= 11 is 5.84. The smallest absolute Gasteiger partial charge is 0.229 e. The third kappa shape index (κ3) is 4.65. The first-order valence-electron chi connectivity index (χ1n) is 11.1. The maximum absolute atomic E-state index is 11.8. The normalized spacial score (nSPS) is 17.9. The van der Waals surface area contributed by atoms with E-state index in [1.807, 2.05) is 67.7 Å². The maximum atomic E-state index is 11.8. The van der Waals surface area contributed by atoms with Crippen molar-refractivity contribution >= 4 is 38.7 Å². The molecule has 2 unspecified atom stereocenters. The average molecular weight is 504 g/mol. The van der Waals surface area contributed by atoms with Crippen molar-refractivity contribution in [3.63, 3.8) is 0 Å². The summed E-state index contributed by atoms with van der Waals surface area (Å²) in [5.41, 5.74) is 5.19. The van der Waals surface area contributed by atoms with Gasteiger partial charge in [-0.05, 0) is 79.3 Å². The van der Waals surface area contributed by atoms with Crippen molar-refractivity contribution in [2.45, 2.75) is 19.0 Å². The van der Waals surface area contributed by atoms with Crippen LogP contribution in [0.5, 0.6) is 0 Å². The SMILES string of the molecule is Cc1cc(N2C(=S)NC(c3ccccn3)C2c2cccn2-c2ccccc2)ccc1NS(C)(=O)=O. The van der Waals surface area contributed by atoms with Gasteiger partial charge in [0.25, 0.3) is 0 Å². The Labute approximate surface area is 210 Å². The summed E-state index contributed by atoms with van der Waals surface area (Å²) in [7, 11) is -3.38. The molecule has 2 N–H and O–H groups in total. The number of para-hydroxylation sites is 1. The van der Waals surface area contributed by atoms with Crippen LogP contribution < -0.4 is 14.9 Å². The molecule has 0 spiro atoms. The lowest BCUT2D eigenvalue weighted by atomic mass is 10.0. The van der Waals surface area contributed by atoms with E-state index in [4.69, 9.17) is 12.2 Å². The molecule has 35 heavy (non-hydrogen) atoms. The van der Waals surface area contributed by atoms with Crippen LogP contribution >= 0.6 is 12.2 Å². The van der Waals surface area contributed by atoms with Crippen LogP contribution in [-0.4, -0.2) is 29.3 Å². The number of hydrogen-bond acceptors (Lipinski definition) is 4. The largest absolute Gasteiger partial charge is 0.351 e. The summed E-state index contributed by atoms with van der Waals surface area (Å²) in [5, 5.41) is 4.06. The summed E-state index contributed by atoms with van der Waals surface area (Å²) in [6, 6.07) is 25.4. The van der Waals surface area contributed by atoms with Gasteiger partial charge in [0.15, 0.2) is 5.11 Å². The monoisotopic (exact) mass is 503 g/mol. The molecular weight excluding hydrogens is 478 g/mol. The van der Waals surface area contributed by atoms with Gasteiger partial charge in [-0.1, -0.05) is 24.3 Å². The Bertz CT molecular complexity index is 1470. The zero-order valence-corrected chi connectivity index (χ0v) is 20.9. The number of nitrogens with one attached hydrogen (secondary N) is 2. The van der Waals surface area contributed by atoms with Crippen LogP contribution in [0.1, 0.15) is 29.0 Å². The maximum Gasteiger partial charge on any atom is 0.229 e. The molecular formula is C26H25N5O2S2. The van der Waals surface area contributed by atoms with E-state index in [1.165, 1.54) is 0 Å². The number of nitrogens with zero attached hydrogens (tertiary/aromatic N) is 3. The molecule has 2 aromatic carbocycles. The Hall–Kier alpha value is -3.69. The molecule has 0 saturated carbocycles. The van der Waals surface area contributed by atoms with E-state index < -0.39 is 10.0 Å². The second-order valence-corrected chi connectivity index (χ2v) is 10.6. The van der Waals surface area contributed by atoms with Crippen LogP contribution in [-0.2, 0) is 10.0 Å². The Balaban J connectivity index is 1.63. The zero-order valence-electron chi connectivity index (χ0n) is 19.3. The van der Waals surface area contributed by atoms with Crippen LogP contribution in [0.2, 0.25) is 0 Å². The Kier molecular flexibility index (Phi) is 6.04. The summed E-state index contributed by atoms with van der Waals surface area (Å²) in [5.74, 6) is 0. The molecule has 2 aromatic heterocycles. The van der Waals surface area contributed by atoms with E-state index in [9.17, 15) is 8.42 Å². The lowest BCUT2D eigenvalue weighted by Gasteiger charge is -2.29. The van der Waals surface area contributed by atoms with Crippen molar-refractivity contribution < 1.29 is 8.42 Å². The van der Waals surface area contributed by atoms with Gasteiger partial charge in [-0.15, -0.1) is 0 Å². The molecule has 1 saturated heterocycles. The fraction of sp³-hybridized carbons (Fsp3) is 0.154. The van der Waals surface area contributed by atoms with Crippen LogP contribution in [0, 0.1) is 6.92 Å². The minimum Gasteiger partial charge on any atom is -0.351 e. The molecule has 9 heteroatoms. The van der Waals surface area contributed by atoms with Crippen molar-refractivity contribution in [1.29, 1.82) is 0 Å². The standard InChI is InChI=1S/C26H25N5O2S2/c1-18-17-20(13-14-21(18)29-35(2,32)33)31-25(24(28-26(31)34)22-11-6-7-15-27-22)23-12-8-16-30(23)19-9-4-3-5-10-19/h3-17,24-25,29H,1-2H3,(H,28,34). The minimum atomic E-state index is -3.38. The number of anilines is 2. The van der Waals surface area contributed by atoms with Crippen molar-refractivity contribution in [2.24, 2.45) is 0 Å². The molecule has 1 fully saturated rings. The fourth-order valence-corrected chi connectivity index (χ4v) is 5.48. The molecule has 5 rings (SSSR count). The number of rotatable bonds is 6. The lowest BCUT2D eigenvalue weighted by Crippen LogP contribution is -2.30. The third-order valence-corrected chi connectivity index (χ3v) is 6.90. The first-order valence-corrected chi connectivity index (χ1v) is 13.4. The fourth-order valence-electron chi connectivity index (χ4n) is 4.50. The lowest BCUT2D eigenvalue weighted by molar-refractivity contribution is 0.549. The second-order valence-electron chi connectivity index (χ2n) is 8.51. The Morgan fingerprint density at radius 3 is 2.43 bits per heavy atom. The molecule has 7 nitrogen and oxygen atoms in total. The highest BCUT2D eigenvalue weighted by Crippen LogP contribution is 2.42. The topological polar surface area (TPSA) is 79.3 Å². The summed E-state index contributed by atoms with van der Waals surface area (Å²) in [6.45, 7) is 1.88. The number of aryl methyl sites for hydroxylation is 1. The molecule has 0 bridgehead atoms. The van der Waals surface area contributed by atoms with Crippen LogP contribution in [0.3, 0.4) is 0 Å². The van der Waals surface area contributed by atoms with E-state index in [0.29, 0.717) is 10.8 Å². The molecule has 3 heterocycles. The Morgan fingerprint density at radius 1 is 0.971 bits per heavy atom. The first kappa shape index (κ1) is 23.1. The molecule has 1 aliphatic rings. The average Bonchev–Trinajstić information content (AvgIpc) is 3.45. The molecule has 178 valence electrons. The van der Waals surface area contributed by atoms with Crippen LogP contribution in [0.4, 0.5) is 11.4 Å². The highest BCUT2D eigenvalue weighted by Gasteiger charge is 2.42. The summed E-state index contributed by atoms with van der Waals surface area (Å²) < 4.78 is 28.3. The van der Waals surface area contributed by atoms with Gasteiger partial charge in [0, 0.05) is 29.5 Å². The van der Waals surface area contributed by atoms with Crippen molar-refractivity contribution in [2.75, 3.05) is 15.9 Å². The van der Waals surface area contributed by atoms with E-state index in [-0.39, 0.29) is 12.1 Å². The number of pyridine rings is 1. The van der Waals surface area contributed by atoms with Crippen molar-refractivity contribution in [3.05, 3.63) is 108 Å². The van der Waals surface area contributed by atoms with Gasteiger partial charge in [0.2, 0.25) is 10.0 Å². The summed E-state index contributed by atoms with van der Waals surface area (Å²) in [4.78, 5) is 6.71. The van der Waals surface area contributed by atoms with Gasteiger partial charge < -0.3 is 14.8 Å². The van der Waals surface area contributed by atoms with E-state index >= 15 is 0 Å². The van der Waals surface area contributed by atoms with Gasteiger partial charge >= 0.3 is 0 Å². The molecule has 1 aliphatic heterocycles. The molecule has 0 aliphatic carbocycles. The van der Waals surface area contributed by atoms with Gasteiger partial charge in [-0.3, -0.25) is 9.71 Å². The van der Waals surface area contributed by atoms with E-state index in [1.54, 1.807) is 12.3 Å². The van der Waals surface area contributed by atoms with Gasteiger partial charge in [-0.2, -0.15) is 0 Å². The number of sulfonamides is 1. The number of benzene rings is 2. The zero-order chi connectivity index (χ0) is 24.6. The van der Waals surface area contributed by atoms with Crippen LogP contribution in [0.15, 0.2) is 91.3 Å². The highest BCUT2D eigenvalue weighted by molar-refractivity contribution is 7.92. The number of hydrogen-bond donors (Lipinski definition) is 2. The van der Waals surface area contributed by atoms with Gasteiger partial charge in [-0.25, -0.2) is 8.42 Å². The van der Waals surface area contributed by atoms with E-state index in [0.717, 1.165) is 34.6 Å². The van der Waals surface area contributed by atoms with Crippen LogP contribution in [0.25, 0.3) is 5.69 Å². The van der Waals surface area contributed by atoms with Gasteiger partial charge in [0.05, 0.1) is 23.7 Å². The number of aromatic nitrogens is 2. The van der Waals surface area contributed by atoms with Gasteiger partial charge in [0.1, 0.15) is 6.04 Å². The highest BCUT2D eigenvalue weighted by atomic mass is 32.2. The quantitative estimate of drug-likeness (QED) is 0.371. The first-order chi connectivity index (χ1) is 16.8. The second kappa shape index (κ2) is 9.16.